The van der Waals surface area contributed by atoms with Crippen LogP contribution in [0.4, 0.5) is 0 Å². The van der Waals surface area contributed by atoms with E-state index in [0.717, 1.165) is 25.6 Å². The first-order chi connectivity index (χ1) is 22.7. The molecular weight excluding hydrogens is 556 g/mol. The predicted octanol–water partition coefficient (Wildman–Crippen LogP) is 17.2. The molecule has 0 aromatic heterocycles. The minimum absolute atomic E-state index is 0.990. The van der Waals surface area contributed by atoms with Crippen molar-refractivity contribution in [3.8, 4) is 0 Å². The highest BCUT2D eigenvalue weighted by molar-refractivity contribution is 4.62. The second-order valence-electron chi connectivity index (χ2n) is 14.4. The van der Waals surface area contributed by atoms with Gasteiger partial charge in [-0.25, -0.2) is 0 Å². The standard InChI is InChI=1S/C22H46.C19H40O.C4H8/c1-4-7-10-13-15-18-21-22(19-16-12-9-6-3)20-17-14-11-8-5-2;1-3-5-7-9-11-13-15-17-19-20-18-16-14-12-10-8-6-4-2;1-3-4-2/h22H,4-21H2,1-3H3;3-19H2,1-2H3;3H,1,4H2,2H3. The summed E-state index contributed by atoms with van der Waals surface area (Å²) < 4.78 is 5.71. The summed E-state index contributed by atoms with van der Waals surface area (Å²) in [6.45, 7) is 19.0. The van der Waals surface area contributed by atoms with E-state index < -0.39 is 0 Å². The highest BCUT2D eigenvalue weighted by Gasteiger charge is 2.08. The topological polar surface area (TPSA) is 9.23 Å². The zero-order valence-electron chi connectivity index (χ0n) is 33.7. The summed E-state index contributed by atoms with van der Waals surface area (Å²) in [7, 11) is 0. The summed E-state index contributed by atoms with van der Waals surface area (Å²) in [5, 5.41) is 0. The largest absolute Gasteiger partial charge is 0.381 e. The molecule has 0 saturated carbocycles. The minimum atomic E-state index is 0.990. The van der Waals surface area contributed by atoms with Crippen LogP contribution >= 0.6 is 0 Å². The Kier molecular flexibility index (Phi) is 56.1. The Bertz CT molecular complexity index is 454. The smallest absolute Gasteiger partial charge is 0.0466 e. The Labute approximate surface area is 295 Å². The molecular formula is C45H94O. The molecule has 0 fully saturated rings. The van der Waals surface area contributed by atoms with Gasteiger partial charge < -0.3 is 4.74 Å². The molecule has 1 nitrogen and oxygen atoms in total. The van der Waals surface area contributed by atoms with Gasteiger partial charge >= 0.3 is 0 Å². The van der Waals surface area contributed by atoms with Crippen LogP contribution in [0.5, 0.6) is 0 Å². The molecule has 0 spiro atoms. The van der Waals surface area contributed by atoms with Crippen molar-refractivity contribution in [3.05, 3.63) is 12.7 Å². The maximum absolute atomic E-state index is 5.71. The van der Waals surface area contributed by atoms with Crippen molar-refractivity contribution < 1.29 is 4.74 Å². The van der Waals surface area contributed by atoms with Crippen LogP contribution in [-0.2, 0) is 4.74 Å². The molecule has 0 aliphatic carbocycles. The van der Waals surface area contributed by atoms with Crippen molar-refractivity contribution in [2.24, 2.45) is 5.92 Å². The van der Waals surface area contributed by atoms with Crippen LogP contribution in [0, 0.1) is 5.92 Å². The molecule has 0 rings (SSSR count). The SMILES string of the molecule is C=CCC.CCCCCCCCC(CCCCCC)CCCCCCC.CCCCCCCCCCOCCCCCCCCC. The molecule has 280 valence electrons. The van der Waals surface area contributed by atoms with Crippen LogP contribution in [-0.4, -0.2) is 13.2 Å². The quantitative estimate of drug-likeness (QED) is 0.0484. The molecule has 0 aromatic carbocycles. The number of hydrogen-bond donors (Lipinski definition) is 0. The van der Waals surface area contributed by atoms with Crippen LogP contribution in [0.25, 0.3) is 0 Å². The van der Waals surface area contributed by atoms with E-state index in [2.05, 4.69) is 48.1 Å². The lowest BCUT2D eigenvalue weighted by Gasteiger charge is -2.17. The van der Waals surface area contributed by atoms with Gasteiger partial charge in [0.05, 0.1) is 0 Å². The van der Waals surface area contributed by atoms with Gasteiger partial charge in [0.1, 0.15) is 0 Å². The van der Waals surface area contributed by atoms with Gasteiger partial charge in [-0.1, -0.05) is 247 Å². The molecule has 0 saturated heterocycles. The van der Waals surface area contributed by atoms with E-state index in [0.29, 0.717) is 0 Å². The van der Waals surface area contributed by atoms with Crippen LogP contribution < -0.4 is 0 Å². The van der Waals surface area contributed by atoms with Crippen molar-refractivity contribution >= 4 is 0 Å². The highest BCUT2D eigenvalue weighted by Crippen LogP contribution is 2.24. The second-order valence-corrected chi connectivity index (χ2v) is 14.4. The second kappa shape index (κ2) is 51.5. The van der Waals surface area contributed by atoms with Gasteiger partial charge in [-0.15, -0.1) is 6.58 Å². The lowest BCUT2D eigenvalue weighted by atomic mass is 9.89. The maximum Gasteiger partial charge on any atom is 0.0466 e. The average molecular weight is 651 g/mol. The van der Waals surface area contributed by atoms with E-state index in [1.165, 1.54) is 212 Å². The molecule has 0 aliphatic heterocycles. The fourth-order valence-corrected chi connectivity index (χ4v) is 6.14. The van der Waals surface area contributed by atoms with Crippen LogP contribution in [0.3, 0.4) is 0 Å². The third-order valence-electron chi connectivity index (χ3n) is 9.47. The number of rotatable bonds is 36. The van der Waals surface area contributed by atoms with Gasteiger partial charge in [0.25, 0.3) is 0 Å². The monoisotopic (exact) mass is 651 g/mol. The molecule has 0 aromatic rings. The molecule has 0 heterocycles. The van der Waals surface area contributed by atoms with Gasteiger partial charge in [-0.3, -0.25) is 0 Å². The van der Waals surface area contributed by atoms with Crippen molar-refractivity contribution in [1.29, 1.82) is 0 Å². The Morgan fingerprint density at radius 2 is 0.565 bits per heavy atom. The summed E-state index contributed by atoms with van der Waals surface area (Å²) in [5.74, 6) is 1.05. The molecule has 0 amide bonds. The zero-order chi connectivity index (χ0) is 34.4. The van der Waals surface area contributed by atoms with Gasteiger partial charge in [-0.2, -0.15) is 0 Å². The summed E-state index contributed by atoms with van der Waals surface area (Å²) in [6, 6.07) is 0. The van der Waals surface area contributed by atoms with E-state index in [-0.39, 0.29) is 0 Å². The van der Waals surface area contributed by atoms with Gasteiger partial charge in [-0.05, 0) is 25.2 Å². The molecule has 0 bridgehead atoms. The van der Waals surface area contributed by atoms with Crippen LogP contribution in [0.15, 0.2) is 12.7 Å². The third-order valence-corrected chi connectivity index (χ3v) is 9.47. The molecule has 0 aliphatic rings. The van der Waals surface area contributed by atoms with Crippen LogP contribution in [0.2, 0.25) is 0 Å². The summed E-state index contributed by atoms with van der Waals surface area (Å²) in [5.41, 5.74) is 0. The van der Waals surface area contributed by atoms with Gasteiger partial charge in [0.2, 0.25) is 0 Å². The summed E-state index contributed by atoms with van der Waals surface area (Å²) >= 11 is 0. The first kappa shape index (κ1) is 50.1. The normalized spacial score (nSPS) is 11.4. The molecule has 1 unspecified atom stereocenters. The molecule has 1 atom stereocenters. The first-order valence-electron chi connectivity index (χ1n) is 21.9. The van der Waals surface area contributed by atoms with E-state index in [4.69, 9.17) is 4.74 Å². The van der Waals surface area contributed by atoms with Crippen molar-refractivity contribution in [3.63, 3.8) is 0 Å². The highest BCUT2D eigenvalue weighted by atomic mass is 16.5. The third kappa shape index (κ3) is 53.2. The molecule has 46 heavy (non-hydrogen) atoms. The number of unbranched alkanes of at least 4 members (excludes halogenated alkanes) is 25. The fourth-order valence-electron chi connectivity index (χ4n) is 6.14. The van der Waals surface area contributed by atoms with Gasteiger partial charge in [0, 0.05) is 13.2 Å². The molecule has 0 radical (unpaired) electrons. The first-order valence-corrected chi connectivity index (χ1v) is 21.9. The predicted molar refractivity (Wildman–Crippen MR) is 216 cm³/mol. The minimum Gasteiger partial charge on any atom is -0.381 e. The van der Waals surface area contributed by atoms with E-state index in [9.17, 15) is 0 Å². The molecule has 0 N–H and O–H groups in total. The Morgan fingerprint density at radius 1 is 0.348 bits per heavy atom. The zero-order valence-corrected chi connectivity index (χ0v) is 33.7. The summed E-state index contributed by atoms with van der Waals surface area (Å²) in [6.07, 6.45) is 50.1. The van der Waals surface area contributed by atoms with Gasteiger partial charge in [0.15, 0.2) is 0 Å². The number of ether oxygens (including phenoxy) is 1. The number of allylic oxidation sites excluding steroid dienone is 1. The Morgan fingerprint density at radius 3 is 0.826 bits per heavy atom. The molecule has 1 heteroatoms. The lowest BCUT2D eigenvalue weighted by molar-refractivity contribution is 0.125. The van der Waals surface area contributed by atoms with E-state index in [1.807, 2.05) is 6.08 Å². The Hall–Kier alpha value is -0.300. The van der Waals surface area contributed by atoms with Crippen molar-refractivity contribution in [2.75, 3.05) is 13.2 Å². The Balaban J connectivity index is -0.000000721. The van der Waals surface area contributed by atoms with E-state index >= 15 is 0 Å². The summed E-state index contributed by atoms with van der Waals surface area (Å²) in [4.78, 5) is 0. The number of hydrogen-bond acceptors (Lipinski definition) is 1. The maximum atomic E-state index is 5.71. The average Bonchev–Trinajstić information content (AvgIpc) is 3.08. The van der Waals surface area contributed by atoms with Crippen molar-refractivity contribution in [1.82, 2.24) is 0 Å². The lowest BCUT2D eigenvalue weighted by Crippen LogP contribution is -2.01. The van der Waals surface area contributed by atoms with Crippen LogP contribution in [0.1, 0.15) is 260 Å². The van der Waals surface area contributed by atoms with E-state index in [1.54, 1.807) is 0 Å². The van der Waals surface area contributed by atoms with Crippen molar-refractivity contribution in [2.45, 2.75) is 260 Å². The fraction of sp³-hybridized carbons (Fsp3) is 0.956.